The molecule has 0 aliphatic rings. The minimum absolute atomic E-state index is 0.113. The van der Waals surface area contributed by atoms with Gasteiger partial charge in [-0.15, -0.1) is 0 Å². The lowest BCUT2D eigenvalue weighted by Crippen LogP contribution is -2.32. The molecular weight excluding hydrogens is 286 g/mol. The molecule has 0 heterocycles. The van der Waals surface area contributed by atoms with Gasteiger partial charge < -0.3 is 10.1 Å². The lowest BCUT2D eigenvalue weighted by molar-refractivity contribution is -0.122. The van der Waals surface area contributed by atoms with Gasteiger partial charge in [0, 0.05) is 5.69 Å². The first kappa shape index (κ1) is 17.1. The van der Waals surface area contributed by atoms with E-state index in [1.54, 1.807) is 0 Å². The molecule has 0 aromatic heterocycles. The largest absolute Gasteiger partial charge is 0.480 e. The summed E-state index contributed by atoms with van der Waals surface area (Å²) < 4.78 is 5.94. The summed E-state index contributed by atoms with van der Waals surface area (Å²) in [7, 11) is 0. The molecule has 1 N–H and O–H groups in total. The fourth-order valence-corrected chi connectivity index (χ4v) is 2.36. The van der Waals surface area contributed by atoms with Crippen LogP contribution in [0.25, 0.3) is 0 Å². The fraction of sp³-hybridized carbons (Fsp3) is 0.350. The first-order valence-electron chi connectivity index (χ1n) is 8.17. The number of rotatable bonds is 6. The zero-order valence-electron chi connectivity index (χ0n) is 14.3. The van der Waals surface area contributed by atoms with Crippen molar-refractivity contribution in [1.82, 2.24) is 0 Å². The van der Waals surface area contributed by atoms with Crippen LogP contribution in [0.3, 0.4) is 0 Å². The molecule has 0 radical (unpaired) electrons. The summed E-state index contributed by atoms with van der Waals surface area (Å²) in [5.74, 6) is 0.658. The van der Waals surface area contributed by atoms with E-state index >= 15 is 0 Å². The van der Waals surface area contributed by atoms with Crippen molar-refractivity contribution in [3.63, 3.8) is 0 Å². The maximum Gasteiger partial charge on any atom is 0.265 e. The van der Waals surface area contributed by atoms with Gasteiger partial charge in [0.2, 0.25) is 0 Å². The summed E-state index contributed by atoms with van der Waals surface area (Å²) in [6.45, 7) is 8.07. The molecule has 3 heteroatoms. The number of nitrogens with one attached hydrogen (secondary N) is 1. The number of carbonyl (C=O) groups is 1. The van der Waals surface area contributed by atoms with Crippen LogP contribution < -0.4 is 10.1 Å². The van der Waals surface area contributed by atoms with Gasteiger partial charge in [0.25, 0.3) is 5.91 Å². The van der Waals surface area contributed by atoms with Crippen molar-refractivity contribution < 1.29 is 9.53 Å². The molecule has 1 amide bonds. The van der Waals surface area contributed by atoms with Crippen LogP contribution in [0.1, 0.15) is 37.0 Å². The van der Waals surface area contributed by atoms with Crippen molar-refractivity contribution in [2.45, 2.75) is 46.6 Å². The maximum absolute atomic E-state index is 12.5. The van der Waals surface area contributed by atoms with Crippen LogP contribution >= 0.6 is 0 Å². The average Bonchev–Trinajstić information content (AvgIpc) is 2.56. The molecule has 2 rings (SSSR count). The third kappa shape index (κ3) is 4.59. The Labute approximate surface area is 138 Å². The number of benzene rings is 2. The van der Waals surface area contributed by atoms with E-state index in [-0.39, 0.29) is 5.91 Å². The molecule has 0 fully saturated rings. The van der Waals surface area contributed by atoms with Crippen LogP contribution in [-0.2, 0) is 11.2 Å². The van der Waals surface area contributed by atoms with Gasteiger partial charge in [0.1, 0.15) is 5.75 Å². The van der Waals surface area contributed by atoms with Crippen molar-refractivity contribution in [3.8, 4) is 5.75 Å². The van der Waals surface area contributed by atoms with E-state index in [0.717, 1.165) is 29.0 Å². The first-order valence-corrected chi connectivity index (χ1v) is 8.17. The Morgan fingerprint density at radius 1 is 1.09 bits per heavy atom. The van der Waals surface area contributed by atoms with Crippen LogP contribution in [0.5, 0.6) is 5.75 Å². The van der Waals surface area contributed by atoms with E-state index in [0.29, 0.717) is 6.42 Å². The molecule has 2 aromatic carbocycles. The summed E-state index contributed by atoms with van der Waals surface area (Å²) in [6, 6.07) is 13.9. The second-order valence-corrected chi connectivity index (χ2v) is 5.82. The molecule has 0 unspecified atom stereocenters. The van der Waals surface area contributed by atoms with Crippen molar-refractivity contribution in [3.05, 3.63) is 59.2 Å². The zero-order valence-corrected chi connectivity index (χ0v) is 14.3. The second-order valence-electron chi connectivity index (χ2n) is 5.82. The van der Waals surface area contributed by atoms with Gasteiger partial charge in [-0.25, -0.2) is 0 Å². The second kappa shape index (κ2) is 7.82. The minimum Gasteiger partial charge on any atom is -0.480 e. The summed E-state index contributed by atoms with van der Waals surface area (Å²) in [5.41, 5.74) is 4.21. The summed E-state index contributed by atoms with van der Waals surface area (Å²) in [5, 5.41) is 2.93. The van der Waals surface area contributed by atoms with Crippen molar-refractivity contribution in [2.24, 2.45) is 0 Å². The predicted molar refractivity (Wildman–Crippen MR) is 95.1 cm³/mol. The van der Waals surface area contributed by atoms with E-state index in [1.165, 1.54) is 5.56 Å². The molecule has 122 valence electrons. The Morgan fingerprint density at radius 2 is 1.78 bits per heavy atom. The number of hydrogen-bond donors (Lipinski definition) is 1. The summed E-state index contributed by atoms with van der Waals surface area (Å²) >= 11 is 0. The average molecular weight is 311 g/mol. The molecular formula is C20H25NO2. The third-order valence-corrected chi connectivity index (χ3v) is 3.91. The van der Waals surface area contributed by atoms with Crippen LogP contribution in [0.4, 0.5) is 5.69 Å². The monoisotopic (exact) mass is 311 g/mol. The first-order chi connectivity index (χ1) is 11.0. The Morgan fingerprint density at radius 3 is 2.39 bits per heavy atom. The summed E-state index contributed by atoms with van der Waals surface area (Å²) in [4.78, 5) is 12.5. The highest BCUT2D eigenvalue weighted by Gasteiger charge is 2.19. The van der Waals surface area contributed by atoms with Gasteiger partial charge >= 0.3 is 0 Å². The Hall–Kier alpha value is -2.29. The van der Waals surface area contributed by atoms with E-state index < -0.39 is 6.10 Å². The highest BCUT2D eigenvalue weighted by atomic mass is 16.5. The van der Waals surface area contributed by atoms with Gasteiger partial charge in [-0.05, 0) is 61.6 Å². The van der Waals surface area contributed by atoms with E-state index in [4.69, 9.17) is 4.74 Å². The maximum atomic E-state index is 12.5. The highest BCUT2D eigenvalue weighted by Crippen LogP contribution is 2.22. The zero-order chi connectivity index (χ0) is 16.8. The summed E-state index contributed by atoms with van der Waals surface area (Å²) in [6.07, 6.45) is 1.11. The number of carbonyl (C=O) groups excluding carboxylic acids is 1. The van der Waals surface area contributed by atoms with Crippen LogP contribution in [0.15, 0.2) is 42.5 Å². The molecule has 2 aromatic rings. The molecule has 0 aliphatic heterocycles. The number of ether oxygens (including phenoxy) is 1. The fourth-order valence-electron chi connectivity index (χ4n) is 2.36. The number of anilines is 1. The van der Waals surface area contributed by atoms with Crippen LogP contribution in [0, 0.1) is 13.8 Å². The molecule has 0 aliphatic carbocycles. The molecule has 0 saturated carbocycles. The van der Waals surface area contributed by atoms with Crippen LogP contribution in [0.2, 0.25) is 0 Å². The van der Waals surface area contributed by atoms with E-state index in [1.807, 2.05) is 63.2 Å². The van der Waals surface area contributed by atoms with Gasteiger partial charge in [0.05, 0.1) is 0 Å². The molecule has 1 atom stereocenters. The van der Waals surface area contributed by atoms with Crippen molar-refractivity contribution >= 4 is 11.6 Å². The predicted octanol–water partition coefficient (Wildman–Crippen LogP) is 4.66. The van der Waals surface area contributed by atoms with Crippen molar-refractivity contribution in [2.75, 3.05) is 5.32 Å². The normalized spacial score (nSPS) is 11.8. The van der Waals surface area contributed by atoms with Gasteiger partial charge in [-0.3, -0.25) is 4.79 Å². The van der Waals surface area contributed by atoms with E-state index in [2.05, 4.69) is 12.2 Å². The Bertz CT molecular complexity index is 662. The molecule has 0 saturated heterocycles. The van der Waals surface area contributed by atoms with Gasteiger partial charge in [0.15, 0.2) is 6.10 Å². The number of amides is 1. The Kier molecular flexibility index (Phi) is 5.80. The molecule has 0 spiro atoms. The molecule has 23 heavy (non-hydrogen) atoms. The Balaban J connectivity index is 2.07. The number of hydrogen-bond acceptors (Lipinski definition) is 2. The minimum atomic E-state index is -0.499. The van der Waals surface area contributed by atoms with Gasteiger partial charge in [-0.1, -0.05) is 38.1 Å². The van der Waals surface area contributed by atoms with Crippen molar-refractivity contribution in [1.29, 1.82) is 0 Å². The SMILES string of the molecule is CCc1ccc(NC(=O)[C@@H](CC)Oc2cc(C)ccc2C)cc1. The molecule has 0 bridgehead atoms. The lowest BCUT2D eigenvalue weighted by atomic mass is 10.1. The quantitative estimate of drug-likeness (QED) is 0.842. The smallest absolute Gasteiger partial charge is 0.265 e. The third-order valence-electron chi connectivity index (χ3n) is 3.91. The highest BCUT2D eigenvalue weighted by molar-refractivity contribution is 5.94. The number of aryl methyl sites for hydroxylation is 3. The molecule has 3 nitrogen and oxygen atoms in total. The van der Waals surface area contributed by atoms with E-state index in [9.17, 15) is 4.79 Å². The van der Waals surface area contributed by atoms with Crippen LogP contribution in [-0.4, -0.2) is 12.0 Å². The van der Waals surface area contributed by atoms with Gasteiger partial charge in [-0.2, -0.15) is 0 Å². The standard InChI is InChI=1S/C20H25NO2/c1-5-16-9-11-17(12-10-16)21-20(22)18(6-2)23-19-13-14(3)7-8-15(19)4/h7-13,18H,5-6H2,1-4H3,(H,21,22)/t18-/m1/s1. The lowest BCUT2D eigenvalue weighted by Gasteiger charge is -2.19. The topological polar surface area (TPSA) is 38.3 Å².